The summed E-state index contributed by atoms with van der Waals surface area (Å²) >= 11 is 3.49. The van der Waals surface area contributed by atoms with Crippen molar-refractivity contribution in [1.82, 2.24) is 0 Å². The molecule has 0 amide bonds. The van der Waals surface area contributed by atoms with E-state index in [1.807, 2.05) is 78.9 Å². The number of hydrogen-bond donors (Lipinski definition) is 0. The first kappa shape index (κ1) is 13.8. The van der Waals surface area contributed by atoms with Gasteiger partial charge < -0.3 is 0 Å². The zero-order valence-corrected chi connectivity index (χ0v) is 12.9. The standard InChI is InChI=1S/C19H13BrO/c20-16-11-12-17(14-7-3-1-4-8-14)19(21)18(13-16)15-9-5-2-6-10-15/h1-13H. The summed E-state index contributed by atoms with van der Waals surface area (Å²) in [4.78, 5) is 12.9. The molecule has 0 radical (unpaired) electrons. The van der Waals surface area contributed by atoms with E-state index < -0.39 is 0 Å². The molecule has 0 heterocycles. The highest BCUT2D eigenvalue weighted by Gasteiger charge is 2.08. The minimum Gasteiger partial charge on any atom is -0.289 e. The monoisotopic (exact) mass is 336 g/mol. The maximum Gasteiger partial charge on any atom is 0.194 e. The molecule has 0 saturated heterocycles. The molecular formula is C19H13BrO. The summed E-state index contributed by atoms with van der Waals surface area (Å²) in [6.45, 7) is 0. The summed E-state index contributed by atoms with van der Waals surface area (Å²) in [5.74, 6) is 0. The molecule has 0 spiro atoms. The van der Waals surface area contributed by atoms with Crippen LogP contribution in [-0.2, 0) is 0 Å². The second-order valence-electron chi connectivity index (χ2n) is 4.75. The smallest absolute Gasteiger partial charge is 0.194 e. The molecule has 0 bridgehead atoms. The van der Waals surface area contributed by atoms with Crippen molar-refractivity contribution >= 4 is 15.9 Å². The molecule has 0 saturated carbocycles. The summed E-state index contributed by atoms with van der Waals surface area (Å²) in [5, 5.41) is 0. The maximum atomic E-state index is 12.9. The summed E-state index contributed by atoms with van der Waals surface area (Å²) < 4.78 is 0.889. The average molecular weight is 337 g/mol. The van der Waals surface area contributed by atoms with Crippen LogP contribution >= 0.6 is 15.9 Å². The average Bonchev–Trinajstić information content (AvgIpc) is 2.68. The van der Waals surface area contributed by atoms with Gasteiger partial charge in [0.2, 0.25) is 0 Å². The normalized spacial score (nSPS) is 10.3. The molecule has 0 aliphatic heterocycles. The second kappa shape index (κ2) is 6.06. The van der Waals surface area contributed by atoms with E-state index in [0.717, 1.165) is 15.6 Å². The Bertz CT molecular complexity index is 811. The van der Waals surface area contributed by atoms with Crippen LogP contribution in [0.5, 0.6) is 0 Å². The van der Waals surface area contributed by atoms with Gasteiger partial charge >= 0.3 is 0 Å². The van der Waals surface area contributed by atoms with E-state index in [1.165, 1.54) is 0 Å². The lowest BCUT2D eigenvalue weighted by molar-refractivity contribution is 1.56. The Kier molecular flexibility index (Phi) is 3.98. The third-order valence-electron chi connectivity index (χ3n) is 3.35. The van der Waals surface area contributed by atoms with Crippen molar-refractivity contribution < 1.29 is 0 Å². The third-order valence-corrected chi connectivity index (χ3v) is 3.84. The first-order valence-electron chi connectivity index (χ1n) is 6.70. The van der Waals surface area contributed by atoms with Gasteiger partial charge in [0.25, 0.3) is 0 Å². The van der Waals surface area contributed by atoms with Gasteiger partial charge in [-0.1, -0.05) is 76.6 Å². The number of benzene rings is 2. The molecule has 0 atom stereocenters. The maximum absolute atomic E-state index is 12.9. The SMILES string of the molecule is O=c1c(-c2ccccc2)ccc(Br)cc1-c1ccccc1. The van der Waals surface area contributed by atoms with E-state index in [1.54, 1.807) is 0 Å². The predicted octanol–water partition coefficient (Wildman–Crippen LogP) is 5.14. The Morgan fingerprint density at radius 1 is 0.619 bits per heavy atom. The van der Waals surface area contributed by atoms with Gasteiger partial charge in [0, 0.05) is 15.6 Å². The minimum atomic E-state index is 0.0399. The molecule has 0 aliphatic rings. The molecule has 0 N–H and O–H groups in total. The van der Waals surface area contributed by atoms with Crippen molar-refractivity contribution in [1.29, 1.82) is 0 Å². The van der Waals surface area contributed by atoms with Gasteiger partial charge in [-0.3, -0.25) is 4.79 Å². The van der Waals surface area contributed by atoms with Crippen molar-refractivity contribution in [2.45, 2.75) is 0 Å². The van der Waals surface area contributed by atoms with Crippen molar-refractivity contribution in [2.75, 3.05) is 0 Å². The molecule has 102 valence electrons. The van der Waals surface area contributed by atoms with Gasteiger partial charge in [-0.25, -0.2) is 0 Å². The lowest BCUT2D eigenvalue weighted by atomic mass is 10.0. The van der Waals surface area contributed by atoms with Gasteiger partial charge in [-0.05, 0) is 29.3 Å². The van der Waals surface area contributed by atoms with Gasteiger partial charge in [0.1, 0.15) is 0 Å². The van der Waals surface area contributed by atoms with E-state index in [0.29, 0.717) is 11.1 Å². The zero-order valence-electron chi connectivity index (χ0n) is 11.3. The van der Waals surface area contributed by atoms with Crippen LogP contribution < -0.4 is 5.43 Å². The minimum absolute atomic E-state index is 0.0399. The zero-order chi connectivity index (χ0) is 14.7. The quantitative estimate of drug-likeness (QED) is 0.632. The van der Waals surface area contributed by atoms with Crippen molar-refractivity contribution in [2.24, 2.45) is 0 Å². The number of rotatable bonds is 2. The van der Waals surface area contributed by atoms with Crippen molar-refractivity contribution in [3.05, 3.63) is 93.6 Å². The Morgan fingerprint density at radius 2 is 1.14 bits per heavy atom. The van der Waals surface area contributed by atoms with Gasteiger partial charge in [-0.15, -0.1) is 0 Å². The molecule has 3 aromatic carbocycles. The van der Waals surface area contributed by atoms with Crippen LogP contribution in [0.2, 0.25) is 0 Å². The van der Waals surface area contributed by atoms with Crippen LogP contribution in [0.15, 0.2) is 88.1 Å². The van der Waals surface area contributed by atoms with E-state index in [4.69, 9.17) is 0 Å². The second-order valence-corrected chi connectivity index (χ2v) is 5.67. The molecule has 1 nitrogen and oxygen atoms in total. The predicted molar refractivity (Wildman–Crippen MR) is 91.3 cm³/mol. The molecular weight excluding hydrogens is 324 g/mol. The van der Waals surface area contributed by atoms with E-state index >= 15 is 0 Å². The highest BCUT2D eigenvalue weighted by atomic mass is 79.9. The van der Waals surface area contributed by atoms with Crippen molar-refractivity contribution in [3.63, 3.8) is 0 Å². The molecule has 21 heavy (non-hydrogen) atoms. The molecule has 0 unspecified atom stereocenters. The van der Waals surface area contributed by atoms with Crippen LogP contribution in [0.3, 0.4) is 0 Å². The molecule has 2 heteroatoms. The summed E-state index contributed by atoms with van der Waals surface area (Å²) in [6, 6.07) is 25.2. The fourth-order valence-corrected chi connectivity index (χ4v) is 2.67. The van der Waals surface area contributed by atoms with Crippen LogP contribution in [-0.4, -0.2) is 0 Å². The lowest BCUT2D eigenvalue weighted by Crippen LogP contribution is -2.04. The van der Waals surface area contributed by atoms with Crippen LogP contribution in [0.1, 0.15) is 0 Å². The van der Waals surface area contributed by atoms with Crippen LogP contribution in [0.25, 0.3) is 22.3 Å². The lowest BCUT2D eigenvalue weighted by Gasteiger charge is -2.01. The Hall–Kier alpha value is -2.19. The molecule has 0 aromatic heterocycles. The Labute approximate surface area is 132 Å². The number of halogens is 1. The summed E-state index contributed by atoms with van der Waals surface area (Å²) in [5.41, 5.74) is 3.31. The van der Waals surface area contributed by atoms with Gasteiger partial charge in [0.15, 0.2) is 5.43 Å². The highest BCUT2D eigenvalue weighted by Crippen LogP contribution is 2.23. The van der Waals surface area contributed by atoms with Gasteiger partial charge in [-0.2, -0.15) is 0 Å². The topological polar surface area (TPSA) is 17.1 Å². The first-order valence-corrected chi connectivity index (χ1v) is 7.50. The van der Waals surface area contributed by atoms with E-state index in [9.17, 15) is 4.79 Å². The van der Waals surface area contributed by atoms with Crippen LogP contribution in [0, 0.1) is 0 Å². The Morgan fingerprint density at radius 3 is 1.71 bits per heavy atom. The summed E-state index contributed by atoms with van der Waals surface area (Å²) in [7, 11) is 0. The fourth-order valence-electron chi connectivity index (χ4n) is 2.31. The van der Waals surface area contributed by atoms with Gasteiger partial charge in [0.05, 0.1) is 0 Å². The largest absolute Gasteiger partial charge is 0.289 e. The number of hydrogen-bond acceptors (Lipinski definition) is 1. The molecule has 3 rings (SSSR count). The van der Waals surface area contributed by atoms with Crippen molar-refractivity contribution in [3.8, 4) is 22.3 Å². The molecule has 0 aliphatic carbocycles. The molecule has 0 fully saturated rings. The van der Waals surface area contributed by atoms with E-state index in [-0.39, 0.29) is 5.43 Å². The summed E-state index contributed by atoms with van der Waals surface area (Å²) in [6.07, 6.45) is 0. The highest BCUT2D eigenvalue weighted by molar-refractivity contribution is 9.10. The fraction of sp³-hybridized carbons (Fsp3) is 0. The van der Waals surface area contributed by atoms with E-state index in [2.05, 4.69) is 15.9 Å². The molecule has 3 aromatic rings. The Balaban J connectivity index is 2.30. The first-order chi connectivity index (χ1) is 10.3. The van der Waals surface area contributed by atoms with Crippen LogP contribution in [0.4, 0.5) is 0 Å². The third kappa shape index (κ3) is 2.96.